The molecular weight excluding hydrogens is 292 g/mol. The van der Waals surface area contributed by atoms with Crippen LogP contribution >= 0.6 is 0 Å². The first-order valence-electron chi connectivity index (χ1n) is 7.94. The van der Waals surface area contributed by atoms with E-state index >= 15 is 0 Å². The predicted molar refractivity (Wildman–Crippen MR) is 89.9 cm³/mol. The van der Waals surface area contributed by atoms with E-state index in [2.05, 4.69) is 36.0 Å². The number of H-pyrrole nitrogens is 1. The summed E-state index contributed by atoms with van der Waals surface area (Å²) in [5.41, 5.74) is 7.11. The molecule has 1 aromatic heterocycles. The van der Waals surface area contributed by atoms with Gasteiger partial charge in [0, 0.05) is 5.41 Å². The normalized spacial score (nSPS) is 13.0. The molecule has 2 aromatic rings. The number of aromatic nitrogens is 3. The fraction of sp³-hybridized carbons (Fsp3) is 0.529. The van der Waals surface area contributed by atoms with Gasteiger partial charge in [-0.15, -0.1) is 0 Å². The number of aromatic amines is 1. The van der Waals surface area contributed by atoms with Crippen LogP contribution in [0, 0.1) is 0 Å². The minimum Gasteiger partial charge on any atom is -0.490 e. The van der Waals surface area contributed by atoms with Crippen molar-refractivity contribution in [3.63, 3.8) is 0 Å². The highest BCUT2D eigenvalue weighted by Gasteiger charge is 2.22. The Balaban J connectivity index is 2.29. The van der Waals surface area contributed by atoms with E-state index in [1.165, 1.54) is 0 Å². The second-order valence-electron chi connectivity index (χ2n) is 6.34. The molecule has 0 unspecified atom stereocenters. The van der Waals surface area contributed by atoms with Crippen LogP contribution in [0.4, 0.5) is 0 Å². The van der Waals surface area contributed by atoms with Crippen molar-refractivity contribution in [3.05, 3.63) is 35.4 Å². The number of nitrogens with one attached hydrogen (secondary N) is 1. The second-order valence-corrected chi connectivity index (χ2v) is 6.34. The van der Waals surface area contributed by atoms with Crippen LogP contribution in [0.25, 0.3) is 0 Å². The number of nitrogens with two attached hydrogens (primary N) is 1. The van der Waals surface area contributed by atoms with Gasteiger partial charge in [0.2, 0.25) is 0 Å². The number of hydrogen-bond donors (Lipinski definition) is 2. The molecule has 0 radical (unpaired) electrons. The Bertz CT molecular complexity index is 646. The van der Waals surface area contributed by atoms with Crippen LogP contribution in [0.15, 0.2) is 18.2 Å². The summed E-state index contributed by atoms with van der Waals surface area (Å²) in [6.45, 7) is 11.2. The molecule has 0 saturated heterocycles. The van der Waals surface area contributed by atoms with Crippen molar-refractivity contribution in [2.24, 2.45) is 5.73 Å². The zero-order valence-electron chi connectivity index (χ0n) is 14.5. The summed E-state index contributed by atoms with van der Waals surface area (Å²) in [6, 6.07) is 5.31. The smallest absolute Gasteiger partial charge is 0.161 e. The van der Waals surface area contributed by atoms with Gasteiger partial charge in [0.15, 0.2) is 17.3 Å². The Morgan fingerprint density at radius 1 is 1.13 bits per heavy atom. The van der Waals surface area contributed by atoms with Crippen molar-refractivity contribution in [2.45, 2.75) is 46.1 Å². The van der Waals surface area contributed by atoms with E-state index in [1.54, 1.807) is 0 Å². The molecule has 126 valence electrons. The van der Waals surface area contributed by atoms with Gasteiger partial charge in [-0.05, 0) is 31.5 Å². The van der Waals surface area contributed by atoms with E-state index in [0.717, 1.165) is 17.1 Å². The zero-order chi connectivity index (χ0) is 17.0. The van der Waals surface area contributed by atoms with Gasteiger partial charge in [0.1, 0.15) is 5.82 Å². The lowest BCUT2D eigenvalue weighted by molar-refractivity contribution is 0.287. The molecule has 0 spiro atoms. The molecule has 2 rings (SSSR count). The summed E-state index contributed by atoms with van der Waals surface area (Å²) in [6.07, 6.45) is 0. The zero-order valence-corrected chi connectivity index (χ0v) is 14.5. The third-order valence-electron chi connectivity index (χ3n) is 3.39. The van der Waals surface area contributed by atoms with E-state index in [9.17, 15) is 0 Å². The quantitative estimate of drug-likeness (QED) is 0.855. The topological polar surface area (TPSA) is 86.0 Å². The van der Waals surface area contributed by atoms with E-state index < -0.39 is 6.04 Å². The molecule has 6 nitrogen and oxygen atoms in total. The molecule has 3 N–H and O–H groups in total. The summed E-state index contributed by atoms with van der Waals surface area (Å²) in [4.78, 5) is 4.53. The predicted octanol–water partition coefficient (Wildman–Crippen LogP) is 2.95. The summed E-state index contributed by atoms with van der Waals surface area (Å²) in [7, 11) is 0. The maximum absolute atomic E-state index is 6.33. The second kappa shape index (κ2) is 7.00. The average Bonchev–Trinajstić information content (AvgIpc) is 2.99. The minimum atomic E-state index is -0.395. The molecule has 0 saturated carbocycles. The monoisotopic (exact) mass is 318 g/mol. The van der Waals surface area contributed by atoms with Gasteiger partial charge in [-0.25, -0.2) is 4.98 Å². The largest absolute Gasteiger partial charge is 0.490 e. The fourth-order valence-corrected chi connectivity index (χ4v) is 2.17. The third kappa shape index (κ3) is 4.01. The Morgan fingerprint density at radius 2 is 1.78 bits per heavy atom. The highest BCUT2D eigenvalue weighted by molar-refractivity contribution is 5.44. The van der Waals surface area contributed by atoms with E-state index in [1.807, 2.05) is 32.0 Å². The highest BCUT2D eigenvalue weighted by Crippen LogP contribution is 2.31. The maximum atomic E-state index is 6.33. The van der Waals surface area contributed by atoms with Gasteiger partial charge in [-0.2, -0.15) is 5.10 Å². The molecule has 0 bridgehead atoms. The van der Waals surface area contributed by atoms with Gasteiger partial charge >= 0.3 is 0 Å². The molecule has 1 aromatic carbocycles. The van der Waals surface area contributed by atoms with Crippen LogP contribution in [-0.2, 0) is 5.41 Å². The summed E-state index contributed by atoms with van der Waals surface area (Å²) < 4.78 is 11.2. The molecule has 1 heterocycles. The summed E-state index contributed by atoms with van der Waals surface area (Å²) >= 11 is 0. The number of nitrogens with zero attached hydrogens (tertiary/aromatic N) is 2. The Hall–Kier alpha value is -2.08. The number of rotatable bonds is 6. The molecule has 0 aliphatic carbocycles. The molecule has 23 heavy (non-hydrogen) atoms. The molecular formula is C17H26N4O2. The van der Waals surface area contributed by atoms with Crippen molar-refractivity contribution in [2.75, 3.05) is 13.2 Å². The first kappa shape index (κ1) is 17.3. The Labute approximate surface area is 137 Å². The minimum absolute atomic E-state index is 0.121. The molecule has 0 fully saturated rings. The van der Waals surface area contributed by atoms with E-state index in [-0.39, 0.29) is 5.41 Å². The maximum Gasteiger partial charge on any atom is 0.161 e. The van der Waals surface area contributed by atoms with Crippen LogP contribution < -0.4 is 15.2 Å². The lowest BCUT2D eigenvalue weighted by atomic mass is 9.96. The first-order valence-corrected chi connectivity index (χ1v) is 7.94. The lowest BCUT2D eigenvalue weighted by Gasteiger charge is -2.15. The van der Waals surface area contributed by atoms with Crippen LogP contribution in [-0.4, -0.2) is 28.4 Å². The molecule has 0 aliphatic rings. The van der Waals surface area contributed by atoms with Crippen molar-refractivity contribution < 1.29 is 9.47 Å². The SMILES string of the molecule is CCOc1ccc([C@@H](N)c2nc(C(C)(C)C)n[nH]2)cc1OCC. The fourth-order valence-electron chi connectivity index (χ4n) is 2.17. The number of ether oxygens (including phenoxy) is 2. The summed E-state index contributed by atoms with van der Waals surface area (Å²) in [5, 5.41) is 7.21. The summed E-state index contributed by atoms with van der Waals surface area (Å²) in [5.74, 6) is 2.80. The van der Waals surface area contributed by atoms with Crippen LogP contribution in [0.1, 0.15) is 57.9 Å². The number of hydrogen-bond acceptors (Lipinski definition) is 5. The van der Waals surface area contributed by atoms with Gasteiger partial charge in [-0.1, -0.05) is 26.8 Å². The van der Waals surface area contributed by atoms with Gasteiger partial charge in [0.05, 0.1) is 19.3 Å². The van der Waals surface area contributed by atoms with Gasteiger partial charge in [-0.3, -0.25) is 5.10 Å². The van der Waals surface area contributed by atoms with Crippen molar-refractivity contribution in [1.82, 2.24) is 15.2 Å². The average molecular weight is 318 g/mol. The molecule has 6 heteroatoms. The molecule has 0 aliphatic heterocycles. The van der Waals surface area contributed by atoms with Crippen molar-refractivity contribution in [3.8, 4) is 11.5 Å². The van der Waals surface area contributed by atoms with E-state index in [0.29, 0.717) is 24.8 Å². The molecule has 0 amide bonds. The third-order valence-corrected chi connectivity index (χ3v) is 3.39. The van der Waals surface area contributed by atoms with Gasteiger partial charge in [0.25, 0.3) is 0 Å². The first-order chi connectivity index (χ1) is 10.9. The van der Waals surface area contributed by atoms with Crippen molar-refractivity contribution in [1.29, 1.82) is 0 Å². The lowest BCUT2D eigenvalue weighted by Crippen LogP contribution is -2.16. The Morgan fingerprint density at radius 3 is 2.35 bits per heavy atom. The van der Waals surface area contributed by atoms with Crippen LogP contribution in [0.2, 0.25) is 0 Å². The highest BCUT2D eigenvalue weighted by atomic mass is 16.5. The standard InChI is InChI=1S/C17H26N4O2/c1-6-22-12-9-8-11(10-13(12)23-7-2)14(18)15-19-16(21-20-15)17(3,4)5/h8-10,14H,6-7,18H2,1-5H3,(H,19,20,21)/t14-/m1/s1. The van der Waals surface area contributed by atoms with Crippen LogP contribution in [0.5, 0.6) is 11.5 Å². The van der Waals surface area contributed by atoms with Gasteiger partial charge < -0.3 is 15.2 Å². The van der Waals surface area contributed by atoms with E-state index in [4.69, 9.17) is 15.2 Å². The number of benzene rings is 1. The Kier molecular flexibility index (Phi) is 5.26. The van der Waals surface area contributed by atoms with Crippen molar-refractivity contribution >= 4 is 0 Å². The molecule has 1 atom stereocenters. The van der Waals surface area contributed by atoms with Crippen LogP contribution in [0.3, 0.4) is 0 Å².